The molecule has 1 spiro atoms. The van der Waals surface area contributed by atoms with Gasteiger partial charge < -0.3 is 20.4 Å². The molecule has 2 aliphatic heterocycles. The van der Waals surface area contributed by atoms with Crippen LogP contribution in [0.2, 0.25) is 0 Å². The summed E-state index contributed by atoms with van der Waals surface area (Å²) in [5.74, 6) is -5.66. The van der Waals surface area contributed by atoms with Gasteiger partial charge in [-0.2, -0.15) is 31.4 Å². The third-order valence-corrected chi connectivity index (χ3v) is 5.02. The first-order chi connectivity index (χ1) is 16.9. The number of nitrogens with zero attached hydrogens (tertiary/aromatic N) is 4. The minimum atomic E-state index is -5.08. The van der Waals surface area contributed by atoms with Crippen molar-refractivity contribution in [2.45, 2.75) is 63.7 Å². The van der Waals surface area contributed by atoms with Gasteiger partial charge in [-0.15, -0.1) is 0 Å². The van der Waals surface area contributed by atoms with Gasteiger partial charge in [-0.05, 0) is 33.2 Å². The fourth-order valence-electron chi connectivity index (χ4n) is 3.33. The fourth-order valence-corrected chi connectivity index (χ4v) is 3.33. The first-order valence-electron chi connectivity index (χ1n) is 10.7. The normalized spacial score (nSPS) is 19.7. The van der Waals surface area contributed by atoms with Crippen molar-refractivity contribution >= 4 is 23.6 Å². The molecule has 0 bridgehead atoms. The van der Waals surface area contributed by atoms with Crippen molar-refractivity contribution in [1.29, 1.82) is 0 Å². The largest absolute Gasteiger partial charge is 0.490 e. The van der Waals surface area contributed by atoms with Crippen LogP contribution in [0.3, 0.4) is 0 Å². The van der Waals surface area contributed by atoms with Crippen LogP contribution in [0, 0.1) is 0 Å². The smallest absolute Gasteiger partial charge is 0.475 e. The summed E-state index contributed by atoms with van der Waals surface area (Å²) < 4.78 is 65.5. The van der Waals surface area contributed by atoms with Gasteiger partial charge in [0.25, 0.3) is 5.91 Å². The number of carboxylic acid groups (broad SMARTS) is 2. The predicted octanol–water partition coefficient (Wildman–Crippen LogP) is 2.59. The van der Waals surface area contributed by atoms with Gasteiger partial charge in [0, 0.05) is 44.4 Å². The zero-order valence-electron chi connectivity index (χ0n) is 20.1. The van der Waals surface area contributed by atoms with E-state index in [1.54, 1.807) is 7.05 Å². The van der Waals surface area contributed by atoms with Gasteiger partial charge in [0.1, 0.15) is 5.71 Å². The Hall–Kier alpha value is -3.37. The molecule has 1 fully saturated rings. The number of aromatic nitrogens is 2. The number of nitrogens with one attached hydrogen (secondary N) is 1. The molecular weight excluding hydrogens is 520 g/mol. The second kappa shape index (κ2) is 12.7. The maximum atomic E-state index is 11.7. The van der Waals surface area contributed by atoms with Crippen LogP contribution < -0.4 is 5.32 Å². The molecular formula is C20H27F6N5O6. The van der Waals surface area contributed by atoms with E-state index in [1.807, 2.05) is 10.9 Å². The number of carboxylic acids is 2. The second-order valence-electron chi connectivity index (χ2n) is 8.41. The molecule has 3 rings (SSSR count). The van der Waals surface area contributed by atoms with Gasteiger partial charge in [0.05, 0.1) is 6.20 Å². The number of oxime groups is 1. The third-order valence-electron chi connectivity index (χ3n) is 5.02. The highest BCUT2D eigenvalue weighted by atomic mass is 19.4. The van der Waals surface area contributed by atoms with E-state index in [4.69, 9.17) is 24.6 Å². The van der Waals surface area contributed by atoms with Crippen molar-refractivity contribution in [1.82, 2.24) is 20.0 Å². The second-order valence-corrected chi connectivity index (χ2v) is 8.41. The molecule has 1 unspecified atom stereocenters. The first kappa shape index (κ1) is 31.7. The number of amides is 1. The molecule has 0 saturated carbocycles. The Morgan fingerprint density at radius 3 is 2.11 bits per heavy atom. The van der Waals surface area contributed by atoms with Crippen molar-refractivity contribution in [3.63, 3.8) is 0 Å². The number of likely N-dealkylation sites (tertiary alicyclic amines) is 1. The fraction of sp³-hybridized carbons (Fsp3) is 0.650. The highest BCUT2D eigenvalue weighted by Gasteiger charge is 2.44. The number of halogens is 6. The molecule has 1 amide bonds. The maximum Gasteiger partial charge on any atom is 0.490 e. The summed E-state index contributed by atoms with van der Waals surface area (Å²) in [6, 6.07) is 0.373. The average molecular weight is 547 g/mol. The summed E-state index contributed by atoms with van der Waals surface area (Å²) in [4.78, 5) is 37.6. The zero-order valence-corrected chi connectivity index (χ0v) is 20.1. The maximum absolute atomic E-state index is 11.7. The Morgan fingerprint density at radius 2 is 1.68 bits per heavy atom. The lowest BCUT2D eigenvalue weighted by molar-refractivity contribution is -0.193. The topological polar surface area (TPSA) is 146 Å². The van der Waals surface area contributed by atoms with Crippen LogP contribution in [0.1, 0.15) is 44.7 Å². The lowest BCUT2D eigenvalue weighted by Crippen LogP contribution is -2.48. The molecule has 37 heavy (non-hydrogen) atoms. The Balaban J connectivity index is 0.000000404. The van der Waals surface area contributed by atoms with Gasteiger partial charge in [0.2, 0.25) is 0 Å². The summed E-state index contributed by atoms with van der Waals surface area (Å²) in [7, 11) is 1.62. The van der Waals surface area contributed by atoms with Crippen molar-refractivity contribution in [2.24, 2.45) is 5.16 Å². The minimum absolute atomic E-state index is 0.141. The van der Waals surface area contributed by atoms with E-state index in [-0.39, 0.29) is 11.5 Å². The van der Waals surface area contributed by atoms with Gasteiger partial charge in [-0.1, -0.05) is 5.16 Å². The molecule has 1 aromatic rings. The molecule has 11 nitrogen and oxygen atoms in total. The van der Waals surface area contributed by atoms with Crippen LogP contribution in [0.4, 0.5) is 26.3 Å². The predicted molar refractivity (Wildman–Crippen MR) is 114 cm³/mol. The molecule has 3 N–H and O–H groups in total. The van der Waals surface area contributed by atoms with Gasteiger partial charge in [-0.3, -0.25) is 14.4 Å². The number of rotatable bonds is 4. The number of carbonyl (C=O) groups is 3. The number of alkyl halides is 6. The summed E-state index contributed by atoms with van der Waals surface area (Å²) in [6.07, 6.45) is -3.54. The Kier molecular flexibility index (Phi) is 10.9. The number of hydrogen-bond acceptors (Lipinski definition) is 7. The van der Waals surface area contributed by atoms with E-state index >= 15 is 0 Å². The van der Waals surface area contributed by atoms with Gasteiger partial charge >= 0.3 is 24.3 Å². The summed E-state index contributed by atoms with van der Waals surface area (Å²) in [6.45, 7) is 6.93. The van der Waals surface area contributed by atoms with Crippen LogP contribution in [0.25, 0.3) is 0 Å². The Labute approximate surface area is 207 Å². The number of carbonyl (C=O) groups excluding carboxylic acids is 1. The van der Waals surface area contributed by atoms with E-state index in [2.05, 4.69) is 40.5 Å². The molecule has 0 aromatic carbocycles. The average Bonchev–Trinajstić information content (AvgIpc) is 3.40. The molecule has 210 valence electrons. The highest BCUT2D eigenvalue weighted by molar-refractivity contribution is 6.39. The van der Waals surface area contributed by atoms with Crippen LogP contribution in [-0.2, 0) is 25.8 Å². The monoisotopic (exact) mass is 547 g/mol. The van der Waals surface area contributed by atoms with E-state index in [0.29, 0.717) is 18.2 Å². The van der Waals surface area contributed by atoms with E-state index in [9.17, 15) is 31.1 Å². The Morgan fingerprint density at radius 1 is 1.14 bits per heavy atom. The Bertz CT molecular complexity index is 954. The highest BCUT2D eigenvalue weighted by Crippen LogP contribution is 2.34. The van der Waals surface area contributed by atoms with Crippen molar-refractivity contribution in [2.75, 3.05) is 20.1 Å². The van der Waals surface area contributed by atoms with Crippen molar-refractivity contribution in [3.05, 3.63) is 18.0 Å². The third kappa shape index (κ3) is 10.3. The van der Waals surface area contributed by atoms with E-state index in [1.165, 1.54) is 5.56 Å². The van der Waals surface area contributed by atoms with Gasteiger partial charge in [0.15, 0.2) is 5.60 Å². The number of hydrogen-bond donors (Lipinski definition) is 3. The minimum Gasteiger partial charge on any atom is -0.475 e. The standard InChI is InChI=1S/C16H25N5O2.2C2HF3O2/c1-12(2)21-10-13(8-18-21)9-20-6-4-5-16(11-20)7-14(19-23-16)15(22)17-3;2*3-2(4,5)1(6)7/h8,10,12H,4-7,9,11H2,1-3H3,(H,17,22);2*(H,6,7). The summed E-state index contributed by atoms with van der Waals surface area (Å²) in [5.41, 5.74) is 1.37. The van der Waals surface area contributed by atoms with Crippen LogP contribution in [-0.4, -0.2) is 86.5 Å². The van der Waals surface area contributed by atoms with Crippen LogP contribution in [0.5, 0.6) is 0 Å². The molecule has 1 atom stereocenters. The molecule has 1 aromatic heterocycles. The number of aliphatic carboxylic acids is 2. The zero-order chi connectivity index (χ0) is 28.6. The molecule has 17 heteroatoms. The molecule has 0 aliphatic carbocycles. The van der Waals surface area contributed by atoms with E-state index < -0.39 is 24.3 Å². The molecule has 0 radical (unpaired) electrons. The molecule has 1 saturated heterocycles. The molecule has 3 heterocycles. The van der Waals surface area contributed by atoms with Gasteiger partial charge in [-0.25, -0.2) is 9.59 Å². The lowest BCUT2D eigenvalue weighted by Gasteiger charge is -2.38. The number of piperidine rings is 1. The van der Waals surface area contributed by atoms with Crippen LogP contribution >= 0.6 is 0 Å². The van der Waals surface area contributed by atoms with Crippen molar-refractivity contribution < 1.29 is 55.8 Å². The summed E-state index contributed by atoms with van der Waals surface area (Å²) >= 11 is 0. The summed E-state index contributed by atoms with van der Waals surface area (Å²) in [5, 5.41) is 25.3. The van der Waals surface area contributed by atoms with Crippen molar-refractivity contribution in [3.8, 4) is 0 Å². The van der Waals surface area contributed by atoms with Crippen LogP contribution in [0.15, 0.2) is 17.5 Å². The quantitative estimate of drug-likeness (QED) is 0.488. The van der Waals surface area contributed by atoms with E-state index in [0.717, 1.165) is 32.5 Å². The lowest BCUT2D eigenvalue weighted by atomic mass is 9.88. The molecule has 2 aliphatic rings. The SMILES string of the molecule is CNC(=O)C1=NOC2(CCCN(Cc3cnn(C(C)C)c3)C2)C1.O=C(O)C(F)(F)F.O=C(O)C(F)(F)F. The first-order valence-corrected chi connectivity index (χ1v) is 10.7.